The van der Waals surface area contributed by atoms with E-state index in [4.69, 9.17) is 0 Å². The molecule has 0 aromatic rings. The van der Waals surface area contributed by atoms with Gasteiger partial charge in [-0.3, -0.25) is 0 Å². The minimum absolute atomic E-state index is 0. The molecule has 3 radical (unpaired) electrons. The first-order valence-electron chi connectivity index (χ1n) is 1.50. The van der Waals surface area contributed by atoms with Gasteiger partial charge in [0.1, 0.15) is 0 Å². The van der Waals surface area contributed by atoms with Crippen LogP contribution in [0.2, 0.25) is 0 Å². The zero-order valence-corrected chi connectivity index (χ0v) is 8.12. The van der Waals surface area contributed by atoms with Gasteiger partial charge in [0, 0.05) is 25.8 Å². The van der Waals surface area contributed by atoms with Crippen LogP contribution in [0.4, 0.5) is 0 Å². The average molecular weight is 199 g/mol. The topological polar surface area (TPSA) is 0 Å². The molecule has 0 atom stereocenters. The maximum atomic E-state index is 3.00. The Morgan fingerprint density at radius 2 is 0.429 bits per heavy atom. The van der Waals surface area contributed by atoms with E-state index in [1.165, 1.54) is 0 Å². The number of hydrogen-bond acceptors (Lipinski definition) is 0. The van der Waals surface area contributed by atoms with Crippen LogP contribution in [0.3, 0.4) is 0 Å². The molecule has 0 heterocycles. The molecule has 0 rings (SSSR count). The molecule has 0 saturated heterocycles. The van der Waals surface area contributed by atoms with E-state index >= 15 is 0 Å². The van der Waals surface area contributed by atoms with Gasteiger partial charge in [0.15, 0.2) is 0 Å². The third-order valence-electron chi connectivity index (χ3n) is 0. The van der Waals surface area contributed by atoms with Crippen LogP contribution >= 0.6 is 0 Å². The second-order valence-corrected chi connectivity index (χ2v) is 0. The van der Waals surface area contributed by atoms with Gasteiger partial charge in [0.05, 0.1) is 0 Å². The van der Waals surface area contributed by atoms with Crippen LogP contribution < -0.4 is 0 Å². The third-order valence-corrected chi connectivity index (χ3v) is 0. The fraction of sp³-hybridized carbons (Fsp3) is 0. The van der Waals surface area contributed by atoms with Crippen molar-refractivity contribution in [1.82, 2.24) is 0 Å². The Morgan fingerprint density at radius 3 is 0.429 bits per heavy atom. The van der Waals surface area contributed by atoms with Crippen LogP contribution in [0.15, 0.2) is 39.5 Å². The quantitative estimate of drug-likeness (QED) is 0.523. The molecule has 1 heteroatoms. The van der Waals surface area contributed by atoms with Crippen molar-refractivity contribution in [3.8, 4) is 0 Å². The van der Waals surface area contributed by atoms with E-state index in [2.05, 4.69) is 39.5 Å². The van der Waals surface area contributed by atoms with Crippen molar-refractivity contribution < 1.29 is 0 Å². The molecule has 0 bridgehead atoms. The van der Waals surface area contributed by atoms with Gasteiger partial charge in [-0.05, 0) is 0 Å². The summed E-state index contributed by atoms with van der Waals surface area (Å²) in [6.07, 6.45) is 0. The fourth-order valence-corrected chi connectivity index (χ4v) is 0. The van der Waals surface area contributed by atoms with Crippen LogP contribution in [0.5, 0.6) is 0 Å². The number of rotatable bonds is 0. The molecule has 0 N–H and O–H groups in total. The number of hydrogen-bond donors (Lipinski definition) is 0. The summed E-state index contributed by atoms with van der Waals surface area (Å²) in [5.74, 6) is 0. The minimum Gasteiger partial charge on any atom is -0.106 e. The maximum absolute atomic E-state index is 3.00. The van der Waals surface area contributed by atoms with Crippen molar-refractivity contribution in [2.45, 2.75) is 0 Å². The first-order valence-corrected chi connectivity index (χ1v) is 1.50. The van der Waals surface area contributed by atoms with E-state index in [1.807, 2.05) is 0 Å². The Labute approximate surface area is 65.4 Å². The van der Waals surface area contributed by atoms with Crippen molar-refractivity contribution in [2.75, 3.05) is 0 Å². The van der Waals surface area contributed by atoms with Gasteiger partial charge >= 0.3 is 0 Å². The van der Waals surface area contributed by atoms with Crippen LogP contribution in [0.25, 0.3) is 0 Å². The second-order valence-electron chi connectivity index (χ2n) is 0. The molecule has 7 heavy (non-hydrogen) atoms. The van der Waals surface area contributed by atoms with Crippen molar-refractivity contribution in [2.24, 2.45) is 0 Å². The molecule has 0 fully saturated rings. The van der Waals surface area contributed by atoms with Crippen LogP contribution in [0, 0.1) is 0 Å². The van der Waals surface area contributed by atoms with Crippen LogP contribution in [-0.2, 0) is 0 Å². The van der Waals surface area contributed by atoms with E-state index in [0.717, 1.165) is 0 Å². The van der Waals surface area contributed by atoms with E-state index in [1.54, 1.807) is 0 Å². The normalized spacial score (nSPS) is 1.71. The van der Waals surface area contributed by atoms with E-state index < -0.39 is 0 Å². The monoisotopic (exact) mass is 199 g/mol. The average Bonchev–Trinajstić information content (AvgIpc) is 1.81. The smallest absolute Gasteiger partial charge is 0 e. The molecule has 39 valence electrons. The second kappa shape index (κ2) is 19400. The molecule has 0 unspecified atom stereocenters. The summed E-state index contributed by atoms with van der Waals surface area (Å²) >= 11 is 0. The van der Waals surface area contributed by atoms with Crippen LogP contribution in [0.1, 0.15) is 0 Å². The molecule has 0 aromatic carbocycles. The summed E-state index contributed by atoms with van der Waals surface area (Å²) in [5.41, 5.74) is 0. The summed E-state index contributed by atoms with van der Waals surface area (Å²) in [7, 11) is 0. The molecule has 0 nitrogen and oxygen atoms in total. The predicted molar refractivity (Wildman–Crippen MR) is 39.5 cm³/mol. The Kier molecular flexibility index (Phi) is 76400. The Hall–Kier alpha value is 0.0901. The summed E-state index contributed by atoms with van der Waals surface area (Å²) < 4.78 is 0. The molecular formula is C6H12In. The summed E-state index contributed by atoms with van der Waals surface area (Å²) in [5, 5.41) is 0. The fourth-order valence-electron chi connectivity index (χ4n) is 0. The van der Waals surface area contributed by atoms with Gasteiger partial charge in [0.25, 0.3) is 0 Å². The maximum Gasteiger partial charge on any atom is 0 e. The largest absolute Gasteiger partial charge is 0.106 e. The molecular weight excluding hydrogens is 187 g/mol. The zero-order valence-electron chi connectivity index (χ0n) is 4.82. The molecule has 0 spiro atoms. The van der Waals surface area contributed by atoms with Gasteiger partial charge in [0.2, 0.25) is 0 Å². The standard InChI is InChI=1S/3C2H4.In/c3*1-2;/h3*1-2H2;. The van der Waals surface area contributed by atoms with Gasteiger partial charge < -0.3 is 0 Å². The van der Waals surface area contributed by atoms with Crippen molar-refractivity contribution in [3.05, 3.63) is 39.5 Å². The van der Waals surface area contributed by atoms with E-state index in [9.17, 15) is 0 Å². The van der Waals surface area contributed by atoms with Gasteiger partial charge in [-0.1, -0.05) is 0 Å². The van der Waals surface area contributed by atoms with Crippen molar-refractivity contribution in [1.29, 1.82) is 0 Å². The van der Waals surface area contributed by atoms with Crippen LogP contribution in [-0.4, -0.2) is 25.8 Å². The minimum atomic E-state index is 0. The summed E-state index contributed by atoms with van der Waals surface area (Å²) in [4.78, 5) is 0. The summed E-state index contributed by atoms with van der Waals surface area (Å²) in [6.45, 7) is 18.0. The summed E-state index contributed by atoms with van der Waals surface area (Å²) in [6, 6.07) is 0. The van der Waals surface area contributed by atoms with Gasteiger partial charge in [-0.15, -0.1) is 39.5 Å². The first-order chi connectivity index (χ1) is 3.00. The molecule has 0 aliphatic heterocycles. The SMILES string of the molecule is C=C.C=C.C=C.[In]. The molecule has 0 aliphatic carbocycles. The van der Waals surface area contributed by atoms with Gasteiger partial charge in [-0.25, -0.2) is 0 Å². The molecule has 0 aliphatic rings. The first kappa shape index (κ1) is 27.5. The Morgan fingerprint density at radius 1 is 0.429 bits per heavy atom. The van der Waals surface area contributed by atoms with E-state index in [0.29, 0.717) is 0 Å². The van der Waals surface area contributed by atoms with Crippen molar-refractivity contribution >= 4 is 25.8 Å². The molecule has 0 saturated carbocycles. The molecule has 0 aromatic heterocycles. The van der Waals surface area contributed by atoms with Gasteiger partial charge in [-0.2, -0.15) is 0 Å². The van der Waals surface area contributed by atoms with E-state index in [-0.39, 0.29) is 25.8 Å². The predicted octanol–water partition coefficient (Wildman–Crippen LogP) is 2.03. The zero-order chi connectivity index (χ0) is 6.00. The third kappa shape index (κ3) is 12500. The van der Waals surface area contributed by atoms with Crippen molar-refractivity contribution in [3.63, 3.8) is 0 Å². The molecule has 0 amide bonds. The Bertz CT molecular complexity index is 8.90. The Balaban J connectivity index is -0.00000000900.